The second-order valence-corrected chi connectivity index (χ2v) is 18.1. The molecule has 0 aliphatic carbocycles. The molecule has 0 N–H and O–H groups in total. The summed E-state index contributed by atoms with van der Waals surface area (Å²) in [5.41, 5.74) is 0. The van der Waals surface area contributed by atoms with Gasteiger partial charge in [0.1, 0.15) is 13.2 Å². The predicted molar refractivity (Wildman–Crippen MR) is 247 cm³/mol. The van der Waals surface area contributed by atoms with E-state index in [-0.39, 0.29) is 31.1 Å². The minimum Gasteiger partial charge on any atom is -0.462 e. The van der Waals surface area contributed by atoms with Crippen molar-refractivity contribution in [3.05, 3.63) is 0 Å². The number of unbranched alkanes of at least 4 members (excludes halogenated alkanes) is 33. The molecule has 0 aromatic carbocycles. The molecule has 1 unspecified atom stereocenters. The van der Waals surface area contributed by atoms with Crippen molar-refractivity contribution in [3.63, 3.8) is 0 Å². The Balaban J connectivity index is 4.24. The van der Waals surface area contributed by atoms with Crippen LogP contribution in [0.5, 0.6) is 0 Å². The van der Waals surface area contributed by atoms with Gasteiger partial charge in [0.05, 0.1) is 0 Å². The van der Waals surface area contributed by atoms with Crippen molar-refractivity contribution in [1.29, 1.82) is 0 Å². The van der Waals surface area contributed by atoms with Gasteiger partial charge in [0.2, 0.25) is 0 Å². The molecule has 0 aromatic rings. The standard InChI is InChI=1S/C52H100O6/c1-5-8-10-12-14-16-18-20-21-22-23-24-25-27-29-31-36-40-44-51(54)57-47-49(58-52(55)45-41-37-33-32-34-38-42-48(4)7-3)46-56-50(53)43-39-35-30-28-26-19-17-15-13-11-9-6-2/h48-49H,5-47H2,1-4H3/t48?,49-/m1/s1. The first-order valence-electron chi connectivity index (χ1n) is 25.9. The van der Waals surface area contributed by atoms with E-state index in [1.54, 1.807) is 0 Å². The summed E-state index contributed by atoms with van der Waals surface area (Å²) in [6, 6.07) is 0. The topological polar surface area (TPSA) is 78.9 Å². The lowest BCUT2D eigenvalue weighted by Gasteiger charge is -2.18. The minimum atomic E-state index is -0.761. The van der Waals surface area contributed by atoms with Crippen molar-refractivity contribution in [3.8, 4) is 0 Å². The van der Waals surface area contributed by atoms with Crippen LogP contribution in [0.2, 0.25) is 0 Å². The molecule has 0 aliphatic heterocycles. The summed E-state index contributed by atoms with van der Waals surface area (Å²) in [5.74, 6) is -0.0391. The Hall–Kier alpha value is -1.59. The summed E-state index contributed by atoms with van der Waals surface area (Å²) in [6.45, 7) is 8.99. The maximum absolute atomic E-state index is 12.7. The van der Waals surface area contributed by atoms with Gasteiger partial charge in [0, 0.05) is 19.3 Å². The molecule has 58 heavy (non-hydrogen) atoms. The van der Waals surface area contributed by atoms with Crippen LogP contribution in [0.15, 0.2) is 0 Å². The van der Waals surface area contributed by atoms with Crippen LogP contribution in [0.25, 0.3) is 0 Å². The number of ether oxygens (including phenoxy) is 3. The minimum absolute atomic E-state index is 0.0638. The van der Waals surface area contributed by atoms with E-state index in [4.69, 9.17) is 14.2 Å². The summed E-state index contributed by atoms with van der Waals surface area (Å²) in [4.78, 5) is 37.9. The summed E-state index contributed by atoms with van der Waals surface area (Å²) >= 11 is 0. The van der Waals surface area contributed by atoms with E-state index in [1.807, 2.05) is 0 Å². The van der Waals surface area contributed by atoms with Gasteiger partial charge >= 0.3 is 17.9 Å². The average molecular weight is 821 g/mol. The third kappa shape index (κ3) is 44.0. The van der Waals surface area contributed by atoms with E-state index >= 15 is 0 Å². The Labute approximate surface area is 361 Å². The summed E-state index contributed by atoms with van der Waals surface area (Å²) in [7, 11) is 0. The zero-order valence-electron chi connectivity index (χ0n) is 39.5. The molecule has 6 nitrogen and oxygen atoms in total. The van der Waals surface area contributed by atoms with E-state index in [0.717, 1.165) is 63.7 Å². The number of esters is 3. The molecule has 344 valence electrons. The van der Waals surface area contributed by atoms with Gasteiger partial charge < -0.3 is 14.2 Å². The average Bonchev–Trinajstić information content (AvgIpc) is 3.22. The molecule has 0 saturated heterocycles. The summed E-state index contributed by atoms with van der Waals surface area (Å²) < 4.78 is 16.8. The lowest BCUT2D eigenvalue weighted by Crippen LogP contribution is -2.30. The van der Waals surface area contributed by atoms with Crippen LogP contribution in [-0.2, 0) is 28.6 Å². The number of carbonyl (C=O) groups excluding carboxylic acids is 3. The monoisotopic (exact) mass is 821 g/mol. The molecule has 0 rings (SSSR count). The first kappa shape index (κ1) is 56.4. The van der Waals surface area contributed by atoms with Gasteiger partial charge in [-0.2, -0.15) is 0 Å². The molecule has 0 heterocycles. The van der Waals surface area contributed by atoms with Crippen molar-refractivity contribution in [1.82, 2.24) is 0 Å². The van der Waals surface area contributed by atoms with Gasteiger partial charge in [0.25, 0.3) is 0 Å². The zero-order valence-corrected chi connectivity index (χ0v) is 39.5. The molecule has 0 radical (unpaired) electrons. The Morgan fingerprint density at radius 2 is 0.603 bits per heavy atom. The lowest BCUT2D eigenvalue weighted by molar-refractivity contribution is -0.167. The van der Waals surface area contributed by atoms with Crippen molar-refractivity contribution in [2.45, 2.75) is 297 Å². The van der Waals surface area contributed by atoms with E-state index in [9.17, 15) is 14.4 Å². The van der Waals surface area contributed by atoms with Gasteiger partial charge in [-0.3, -0.25) is 14.4 Å². The molecule has 0 saturated carbocycles. The van der Waals surface area contributed by atoms with E-state index in [1.165, 1.54) is 186 Å². The summed E-state index contributed by atoms with van der Waals surface area (Å²) in [5, 5.41) is 0. The van der Waals surface area contributed by atoms with Gasteiger partial charge in [-0.1, -0.05) is 252 Å². The zero-order chi connectivity index (χ0) is 42.4. The van der Waals surface area contributed by atoms with Crippen LogP contribution in [0.4, 0.5) is 0 Å². The fraction of sp³-hybridized carbons (Fsp3) is 0.942. The second kappa shape index (κ2) is 46.5. The van der Waals surface area contributed by atoms with Crippen molar-refractivity contribution in [2.75, 3.05) is 13.2 Å². The van der Waals surface area contributed by atoms with E-state index < -0.39 is 6.10 Å². The molecule has 0 amide bonds. The first-order valence-corrected chi connectivity index (χ1v) is 25.9. The van der Waals surface area contributed by atoms with E-state index in [0.29, 0.717) is 19.3 Å². The highest BCUT2D eigenvalue weighted by Gasteiger charge is 2.19. The fourth-order valence-electron chi connectivity index (χ4n) is 7.83. The molecular formula is C52H100O6. The summed E-state index contributed by atoms with van der Waals surface area (Å²) in [6.07, 6.45) is 48.1. The molecule has 0 aromatic heterocycles. The first-order chi connectivity index (χ1) is 28.4. The van der Waals surface area contributed by atoms with Gasteiger partial charge in [-0.25, -0.2) is 0 Å². The van der Waals surface area contributed by atoms with Crippen LogP contribution < -0.4 is 0 Å². The number of carbonyl (C=O) groups is 3. The maximum Gasteiger partial charge on any atom is 0.306 e. The fourth-order valence-corrected chi connectivity index (χ4v) is 7.83. The van der Waals surface area contributed by atoms with Crippen LogP contribution in [0.3, 0.4) is 0 Å². The van der Waals surface area contributed by atoms with Crippen molar-refractivity contribution < 1.29 is 28.6 Å². The second-order valence-electron chi connectivity index (χ2n) is 18.1. The largest absolute Gasteiger partial charge is 0.462 e. The SMILES string of the molecule is CCCCCCCCCCCCCCCCCCCCC(=O)OC[C@@H](COC(=O)CCCCCCCCCCCCCC)OC(=O)CCCCCCCCC(C)CC. The number of hydrogen-bond donors (Lipinski definition) is 0. The lowest BCUT2D eigenvalue weighted by atomic mass is 10.00. The number of rotatable bonds is 47. The Bertz CT molecular complexity index is 874. The normalized spacial score (nSPS) is 12.4. The van der Waals surface area contributed by atoms with Gasteiger partial charge in [0.15, 0.2) is 6.10 Å². The molecule has 2 atom stereocenters. The Morgan fingerprint density at radius 3 is 0.897 bits per heavy atom. The molecular weight excluding hydrogens is 721 g/mol. The molecule has 0 fully saturated rings. The third-order valence-electron chi connectivity index (χ3n) is 12.2. The molecule has 0 bridgehead atoms. The highest BCUT2D eigenvalue weighted by molar-refractivity contribution is 5.71. The van der Waals surface area contributed by atoms with Crippen LogP contribution in [0, 0.1) is 5.92 Å². The molecule has 0 aliphatic rings. The predicted octanol–water partition coefficient (Wildman–Crippen LogP) is 16.7. The van der Waals surface area contributed by atoms with Crippen LogP contribution in [-0.4, -0.2) is 37.2 Å². The Kier molecular flexibility index (Phi) is 45.2. The Morgan fingerprint density at radius 1 is 0.345 bits per heavy atom. The van der Waals surface area contributed by atoms with Crippen LogP contribution >= 0.6 is 0 Å². The highest BCUT2D eigenvalue weighted by Crippen LogP contribution is 2.17. The molecule has 0 spiro atoms. The van der Waals surface area contributed by atoms with Crippen molar-refractivity contribution in [2.24, 2.45) is 5.92 Å². The quantitative estimate of drug-likeness (QED) is 0.0346. The van der Waals surface area contributed by atoms with Crippen molar-refractivity contribution >= 4 is 17.9 Å². The van der Waals surface area contributed by atoms with Gasteiger partial charge in [-0.15, -0.1) is 0 Å². The van der Waals surface area contributed by atoms with Crippen LogP contribution in [0.1, 0.15) is 291 Å². The van der Waals surface area contributed by atoms with E-state index in [2.05, 4.69) is 27.7 Å². The molecule has 6 heteroatoms. The third-order valence-corrected chi connectivity index (χ3v) is 12.2. The van der Waals surface area contributed by atoms with Gasteiger partial charge in [-0.05, 0) is 25.2 Å². The smallest absolute Gasteiger partial charge is 0.306 e. The maximum atomic E-state index is 12.7. The highest BCUT2D eigenvalue weighted by atomic mass is 16.6. The number of hydrogen-bond acceptors (Lipinski definition) is 6.